The van der Waals surface area contributed by atoms with Gasteiger partial charge in [-0.3, -0.25) is 0 Å². The molecule has 0 amide bonds. The van der Waals surface area contributed by atoms with Gasteiger partial charge in [-0.2, -0.15) is 4.31 Å². The Kier molecular flexibility index (Phi) is 3.46. The smallest absolute Gasteiger partial charge is 0.207 e. The van der Waals surface area contributed by atoms with Gasteiger partial charge in [-0.15, -0.1) is 0 Å². The van der Waals surface area contributed by atoms with Gasteiger partial charge in [-0.05, 0) is 43.5 Å². The molecule has 0 aromatic heterocycles. The monoisotopic (exact) mass is 379 g/mol. The van der Waals surface area contributed by atoms with Gasteiger partial charge in [0.15, 0.2) is 0 Å². The van der Waals surface area contributed by atoms with Gasteiger partial charge in [-0.1, -0.05) is 15.9 Å². The summed E-state index contributed by atoms with van der Waals surface area (Å²) < 4.78 is 54.3. The third-order valence-electron chi connectivity index (χ3n) is 4.57. The number of benzene rings is 1. The summed E-state index contributed by atoms with van der Waals surface area (Å²) in [5.74, 6) is -2.67. The fourth-order valence-corrected chi connectivity index (χ4v) is 5.58. The molecule has 3 rings (SSSR count). The van der Waals surface area contributed by atoms with Crippen LogP contribution in [0.15, 0.2) is 27.6 Å². The number of nitrogens with zero attached hydrogens (tertiary/aromatic N) is 1. The van der Waals surface area contributed by atoms with Crippen LogP contribution in [-0.2, 0) is 16.6 Å². The molecule has 0 atom stereocenters. The van der Waals surface area contributed by atoms with E-state index in [0.29, 0.717) is 4.90 Å². The minimum atomic E-state index is -3.59. The van der Waals surface area contributed by atoms with E-state index in [1.165, 1.54) is 4.31 Å². The van der Waals surface area contributed by atoms with E-state index in [1.54, 1.807) is 25.1 Å². The first kappa shape index (κ1) is 15.4. The van der Waals surface area contributed by atoms with E-state index in [9.17, 15) is 17.2 Å². The lowest BCUT2D eigenvalue weighted by Gasteiger charge is -2.42. The Morgan fingerprint density at radius 1 is 1.19 bits per heavy atom. The second-order valence-electron chi connectivity index (χ2n) is 6.12. The summed E-state index contributed by atoms with van der Waals surface area (Å²) in [5.41, 5.74) is -0.00521. The van der Waals surface area contributed by atoms with Crippen LogP contribution in [0.4, 0.5) is 8.78 Å². The van der Waals surface area contributed by atoms with Crippen molar-refractivity contribution in [2.24, 2.45) is 0 Å². The average molecular weight is 380 g/mol. The molecule has 3 nitrogen and oxygen atoms in total. The fourth-order valence-electron chi connectivity index (χ4n) is 3.17. The highest BCUT2D eigenvalue weighted by molar-refractivity contribution is 9.10. The summed E-state index contributed by atoms with van der Waals surface area (Å²) in [6.45, 7) is 2.04. The predicted octanol–water partition coefficient (Wildman–Crippen LogP) is 3.92. The molecule has 1 aliphatic carbocycles. The molecule has 0 saturated heterocycles. The normalized spacial score (nSPS) is 26.5. The van der Waals surface area contributed by atoms with E-state index >= 15 is 0 Å². The second kappa shape index (κ2) is 4.73. The quantitative estimate of drug-likeness (QED) is 0.741. The van der Waals surface area contributed by atoms with Crippen molar-refractivity contribution in [1.82, 2.24) is 4.31 Å². The fraction of sp³-hybridized carbons (Fsp3) is 0.571. The van der Waals surface area contributed by atoms with Crippen LogP contribution >= 0.6 is 15.9 Å². The molecule has 1 aromatic carbocycles. The van der Waals surface area contributed by atoms with E-state index in [-0.39, 0.29) is 32.2 Å². The summed E-state index contributed by atoms with van der Waals surface area (Å²) in [7, 11) is -3.59. The standard InChI is InChI=1S/C14H16BrF2NO2S/c1-13(4-6-14(16,17)7-5-13)18-9-10-8-11(15)2-3-12(10)21(18,19)20/h2-3,8H,4-7,9H2,1H3. The Labute approximate surface area is 131 Å². The lowest BCUT2D eigenvalue weighted by atomic mass is 9.81. The van der Waals surface area contributed by atoms with Gasteiger partial charge in [0.1, 0.15) is 0 Å². The first-order chi connectivity index (χ1) is 9.64. The van der Waals surface area contributed by atoms with Crippen molar-refractivity contribution in [3.63, 3.8) is 0 Å². The molecule has 116 valence electrons. The Bertz CT molecular complexity index is 680. The van der Waals surface area contributed by atoms with Gasteiger partial charge in [0, 0.05) is 29.4 Å². The molecule has 1 aromatic rings. The maximum Gasteiger partial charge on any atom is 0.248 e. The van der Waals surface area contributed by atoms with Crippen molar-refractivity contribution in [1.29, 1.82) is 0 Å². The zero-order chi connectivity index (χ0) is 15.5. The van der Waals surface area contributed by atoms with Crippen molar-refractivity contribution >= 4 is 26.0 Å². The number of hydrogen-bond donors (Lipinski definition) is 0. The third kappa shape index (κ3) is 2.53. The van der Waals surface area contributed by atoms with Gasteiger partial charge in [0.2, 0.25) is 15.9 Å². The molecule has 0 radical (unpaired) electrons. The third-order valence-corrected chi connectivity index (χ3v) is 7.16. The number of fused-ring (bicyclic) bond motifs is 1. The maximum absolute atomic E-state index is 13.4. The van der Waals surface area contributed by atoms with E-state index < -0.39 is 21.5 Å². The van der Waals surface area contributed by atoms with Crippen molar-refractivity contribution in [2.75, 3.05) is 0 Å². The molecule has 0 N–H and O–H groups in total. The van der Waals surface area contributed by atoms with Crippen LogP contribution in [0, 0.1) is 0 Å². The molecule has 0 spiro atoms. The summed E-state index contributed by atoms with van der Waals surface area (Å²) in [6.07, 6.45) is -0.131. The van der Waals surface area contributed by atoms with E-state index in [4.69, 9.17) is 0 Å². The molecule has 1 saturated carbocycles. The first-order valence-electron chi connectivity index (χ1n) is 6.83. The molecule has 1 heterocycles. The minimum absolute atomic E-state index is 0.189. The largest absolute Gasteiger partial charge is 0.248 e. The molecule has 0 unspecified atom stereocenters. The highest BCUT2D eigenvalue weighted by Gasteiger charge is 2.50. The van der Waals surface area contributed by atoms with Gasteiger partial charge in [0.25, 0.3) is 0 Å². The van der Waals surface area contributed by atoms with Crippen molar-refractivity contribution in [3.8, 4) is 0 Å². The lowest BCUT2D eigenvalue weighted by molar-refractivity contribution is -0.0649. The Morgan fingerprint density at radius 2 is 1.81 bits per heavy atom. The van der Waals surface area contributed by atoms with Crippen LogP contribution in [0.25, 0.3) is 0 Å². The summed E-state index contributed by atoms with van der Waals surface area (Å²) in [5, 5.41) is 0. The predicted molar refractivity (Wildman–Crippen MR) is 78.7 cm³/mol. The van der Waals surface area contributed by atoms with E-state index in [1.807, 2.05) is 0 Å². The van der Waals surface area contributed by atoms with Crippen LogP contribution in [0.1, 0.15) is 38.2 Å². The number of alkyl halides is 2. The SMILES string of the molecule is CC1(N2Cc3cc(Br)ccc3S2(=O)=O)CCC(F)(F)CC1. The van der Waals surface area contributed by atoms with Crippen LogP contribution in [0.3, 0.4) is 0 Å². The van der Waals surface area contributed by atoms with Crippen molar-refractivity contribution in [2.45, 2.75) is 55.5 Å². The van der Waals surface area contributed by atoms with E-state index in [2.05, 4.69) is 15.9 Å². The van der Waals surface area contributed by atoms with Gasteiger partial charge in [0.05, 0.1) is 4.90 Å². The molecule has 0 bridgehead atoms. The van der Waals surface area contributed by atoms with Crippen LogP contribution in [-0.4, -0.2) is 24.2 Å². The summed E-state index contributed by atoms with van der Waals surface area (Å²) >= 11 is 3.33. The summed E-state index contributed by atoms with van der Waals surface area (Å²) in [4.78, 5) is 0.296. The zero-order valence-electron chi connectivity index (χ0n) is 11.6. The van der Waals surface area contributed by atoms with Gasteiger partial charge < -0.3 is 0 Å². The lowest BCUT2D eigenvalue weighted by Crippen LogP contribution is -2.50. The van der Waals surface area contributed by atoms with Crippen LogP contribution in [0.5, 0.6) is 0 Å². The molecule has 7 heteroatoms. The highest BCUT2D eigenvalue weighted by atomic mass is 79.9. The maximum atomic E-state index is 13.4. The first-order valence-corrected chi connectivity index (χ1v) is 9.07. The van der Waals surface area contributed by atoms with Crippen LogP contribution in [0.2, 0.25) is 0 Å². The Balaban J connectivity index is 1.95. The molecule has 21 heavy (non-hydrogen) atoms. The van der Waals surface area contributed by atoms with Crippen LogP contribution < -0.4 is 0 Å². The Morgan fingerprint density at radius 3 is 2.43 bits per heavy atom. The average Bonchev–Trinajstić information content (AvgIpc) is 2.65. The number of hydrogen-bond acceptors (Lipinski definition) is 2. The van der Waals surface area contributed by atoms with Crippen molar-refractivity contribution in [3.05, 3.63) is 28.2 Å². The van der Waals surface area contributed by atoms with Gasteiger partial charge in [-0.25, -0.2) is 17.2 Å². The number of halogens is 3. The van der Waals surface area contributed by atoms with Crippen molar-refractivity contribution < 1.29 is 17.2 Å². The molecule has 1 fully saturated rings. The molecule has 1 aliphatic heterocycles. The number of rotatable bonds is 1. The van der Waals surface area contributed by atoms with Gasteiger partial charge >= 0.3 is 0 Å². The Hall–Kier alpha value is -0.530. The number of sulfonamides is 1. The second-order valence-corrected chi connectivity index (χ2v) is 8.86. The highest BCUT2D eigenvalue weighted by Crippen LogP contribution is 2.46. The molecular weight excluding hydrogens is 364 g/mol. The van der Waals surface area contributed by atoms with E-state index in [0.717, 1.165) is 10.0 Å². The topological polar surface area (TPSA) is 37.4 Å². The molecule has 2 aliphatic rings. The summed E-state index contributed by atoms with van der Waals surface area (Å²) in [6, 6.07) is 5.06. The molecular formula is C14H16BrF2NO2S. The minimum Gasteiger partial charge on any atom is -0.207 e. The zero-order valence-corrected chi connectivity index (χ0v) is 14.0.